The van der Waals surface area contributed by atoms with Crippen LogP contribution in [-0.4, -0.2) is 52.4 Å². The first-order chi connectivity index (χ1) is 11.6. The Kier molecular flexibility index (Phi) is 5.39. The third kappa shape index (κ3) is 4.28. The molecule has 3 rings (SSSR count). The molecule has 1 amide bonds. The summed E-state index contributed by atoms with van der Waals surface area (Å²) in [5.74, 6) is 0.468. The van der Waals surface area contributed by atoms with Crippen molar-refractivity contribution in [1.29, 1.82) is 0 Å². The summed E-state index contributed by atoms with van der Waals surface area (Å²) in [6.07, 6.45) is 1.37. The molecule has 0 bridgehead atoms. The molecule has 0 radical (unpaired) electrons. The van der Waals surface area contributed by atoms with Crippen LogP contribution < -0.4 is 10.1 Å². The molecule has 24 heavy (non-hydrogen) atoms. The number of hydrogen-bond donors (Lipinski definition) is 2. The minimum atomic E-state index is -0.266. The summed E-state index contributed by atoms with van der Waals surface area (Å²) in [6.45, 7) is 2.35. The van der Waals surface area contributed by atoms with Crippen molar-refractivity contribution in [2.45, 2.75) is 25.5 Å². The van der Waals surface area contributed by atoms with E-state index < -0.39 is 0 Å². The number of amides is 1. The highest BCUT2D eigenvalue weighted by Gasteiger charge is 2.19. The fourth-order valence-corrected chi connectivity index (χ4v) is 3.31. The van der Waals surface area contributed by atoms with E-state index in [-0.39, 0.29) is 12.0 Å². The van der Waals surface area contributed by atoms with E-state index in [0.717, 1.165) is 36.7 Å². The number of carbonyl (C=O) groups excluding carboxylic acids is 1. The molecule has 0 unspecified atom stereocenters. The maximum atomic E-state index is 12.2. The number of benzene rings is 1. The van der Waals surface area contributed by atoms with Crippen LogP contribution in [0.15, 0.2) is 24.3 Å². The zero-order valence-electron chi connectivity index (χ0n) is 13.4. The van der Waals surface area contributed by atoms with Gasteiger partial charge in [0.25, 0.3) is 5.91 Å². The van der Waals surface area contributed by atoms with Gasteiger partial charge in [0.05, 0.1) is 19.8 Å². The lowest BCUT2D eigenvalue weighted by Gasteiger charge is -2.28. The van der Waals surface area contributed by atoms with Crippen molar-refractivity contribution < 1.29 is 14.6 Å². The van der Waals surface area contributed by atoms with Crippen LogP contribution in [0.4, 0.5) is 5.69 Å². The second kappa shape index (κ2) is 7.69. The summed E-state index contributed by atoms with van der Waals surface area (Å²) in [5.41, 5.74) is 0.683. The molecule has 2 heterocycles. The van der Waals surface area contributed by atoms with Crippen molar-refractivity contribution in [1.82, 2.24) is 15.1 Å². The van der Waals surface area contributed by atoms with Crippen molar-refractivity contribution >= 4 is 22.9 Å². The van der Waals surface area contributed by atoms with Crippen LogP contribution in [0.1, 0.15) is 27.7 Å². The van der Waals surface area contributed by atoms with Gasteiger partial charge >= 0.3 is 0 Å². The van der Waals surface area contributed by atoms with Crippen LogP contribution in [0.3, 0.4) is 0 Å². The highest BCUT2D eigenvalue weighted by molar-refractivity contribution is 7.13. The number of hydrogen-bond acceptors (Lipinski definition) is 7. The van der Waals surface area contributed by atoms with Crippen LogP contribution in [0.5, 0.6) is 5.75 Å². The number of anilines is 1. The Balaban J connectivity index is 1.56. The zero-order chi connectivity index (χ0) is 16.9. The summed E-state index contributed by atoms with van der Waals surface area (Å²) < 4.78 is 5.09. The molecule has 1 aliphatic rings. The molecule has 1 saturated heterocycles. The van der Waals surface area contributed by atoms with Gasteiger partial charge in [-0.05, 0) is 37.1 Å². The molecule has 0 spiro atoms. The SMILES string of the molecule is COc1ccc(NC(=O)c2nnc(CN3CCC(O)CC3)s2)cc1. The van der Waals surface area contributed by atoms with Crippen LogP contribution >= 0.6 is 11.3 Å². The smallest absolute Gasteiger partial charge is 0.286 e. The molecule has 0 atom stereocenters. The van der Waals surface area contributed by atoms with Gasteiger partial charge in [0, 0.05) is 18.8 Å². The molecule has 1 aliphatic heterocycles. The first-order valence-electron chi connectivity index (χ1n) is 7.82. The Morgan fingerprint density at radius 3 is 2.71 bits per heavy atom. The number of aromatic nitrogens is 2. The maximum absolute atomic E-state index is 12.2. The number of ether oxygens (including phenoxy) is 1. The fourth-order valence-electron chi connectivity index (χ4n) is 2.54. The average Bonchev–Trinajstić information content (AvgIpc) is 3.06. The minimum absolute atomic E-state index is 0.193. The number of likely N-dealkylation sites (tertiary alicyclic amines) is 1. The van der Waals surface area contributed by atoms with Crippen molar-refractivity contribution in [3.05, 3.63) is 34.3 Å². The molecule has 1 aromatic heterocycles. The predicted octanol–water partition coefficient (Wildman–Crippen LogP) is 1.76. The number of aliphatic hydroxyl groups is 1. The van der Waals surface area contributed by atoms with Crippen LogP contribution in [0, 0.1) is 0 Å². The van der Waals surface area contributed by atoms with E-state index in [4.69, 9.17) is 4.74 Å². The molecule has 128 valence electrons. The third-order valence-electron chi connectivity index (χ3n) is 3.92. The molecule has 0 saturated carbocycles. The van der Waals surface area contributed by atoms with E-state index in [1.165, 1.54) is 11.3 Å². The standard InChI is InChI=1S/C16H20N4O3S/c1-23-13-4-2-11(3-5-13)17-15(22)16-19-18-14(24-16)10-20-8-6-12(21)7-9-20/h2-5,12,21H,6-10H2,1H3,(H,17,22). The van der Waals surface area contributed by atoms with Gasteiger partial charge in [0.2, 0.25) is 5.01 Å². The number of nitrogens with one attached hydrogen (secondary N) is 1. The van der Waals surface area contributed by atoms with Crippen molar-refractivity contribution in [3.8, 4) is 5.75 Å². The highest BCUT2D eigenvalue weighted by Crippen LogP contribution is 2.19. The van der Waals surface area contributed by atoms with Gasteiger partial charge in [0.1, 0.15) is 10.8 Å². The Morgan fingerprint density at radius 2 is 2.04 bits per heavy atom. The third-order valence-corrected chi connectivity index (χ3v) is 4.83. The van der Waals surface area contributed by atoms with E-state index in [0.29, 0.717) is 17.2 Å². The maximum Gasteiger partial charge on any atom is 0.286 e. The molecule has 2 N–H and O–H groups in total. The molecule has 1 aromatic carbocycles. The topological polar surface area (TPSA) is 87.6 Å². The van der Waals surface area contributed by atoms with Crippen LogP contribution in [0.2, 0.25) is 0 Å². The lowest BCUT2D eigenvalue weighted by Crippen LogP contribution is -2.35. The number of aliphatic hydroxyl groups excluding tert-OH is 1. The minimum Gasteiger partial charge on any atom is -0.497 e. The second-order valence-corrected chi connectivity index (χ2v) is 6.75. The lowest BCUT2D eigenvalue weighted by molar-refractivity contribution is 0.0791. The van der Waals surface area contributed by atoms with Gasteiger partial charge in [-0.15, -0.1) is 10.2 Å². The summed E-state index contributed by atoms with van der Waals surface area (Å²) in [5, 5.41) is 21.6. The normalized spacial score (nSPS) is 16.1. The number of piperidine rings is 1. The van der Waals surface area contributed by atoms with Crippen LogP contribution in [-0.2, 0) is 6.54 Å². The molecular formula is C16H20N4O3S. The van der Waals surface area contributed by atoms with Crippen molar-refractivity contribution in [3.63, 3.8) is 0 Å². The van der Waals surface area contributed by atoms with Crippen LogP contribution in [0.25, 0.3) is 0 Å². The van der Waals surface area contributed by atoms with Gasteiger partial charge in [0.15, 0.2) is 0 Å². The number of carbonyl (C=O) groups is 1. The summed E-state index contributed by atoms with van der Waals surface area (Å²) >= 11 is 1.30. The van der Waals surface area contributed by atoms with Gasteiger partial charge in [-0.2, -0.15) is 0 Å². The predicted molar refractivity (Wildman–Crippen MR) is 91.4 cm³/mol. The first-order valence-corrected chi connectivity index (χ1v) is 8.64. The van der Waals surface area contributed by atoms with Gasteiger partial charge in [-0.3, -0.25) is 9.69 Å². The second-order valence-electron chi connectivity index (χ2n) is 5.69. The van der Waals surface area contributed by atoms with E-state index >= 15 is 0 Å². The summed E-state index contributed by atoms with van der Waals surface area (Å²) in [6, 6.07) is 7.12. The Bertz CT molecular complexity index is 681. The van der Waals surface area contributed by atoms with E-state index in [1.807, 2.05) is 0 Å². The highest BCUT2D eigenvalue weighted by atomic mass is 32.1. The number of nitrogens with zero attached hydrogens (tertiary/aromatic N) is 3. The van der Waals surface area contributed by atoms with E-state index in [1.54, 1.807) is 31.4 Å². The lowest BCUT2D eigenvalue weighted by atomic mass is 10.1. The van der Waals surface area contributed by atoms with Gasteiger partial charge in [-0.25, -0.2) is 0 Å². The average molecular weight is 348 g/mol. The number of rotatable bonds is 5. The van der Waals surface area contributed by atoms with Gasteiger partial charge in [-0.1, -0.05) is 11.3 Å². The van der Waals surface area contributed by atoms with Crippen molar-refractivity contribution in [2.75, 3.05) is 25.5 Å². The Labute approximate surface area is 144 Å². The van der Waals surface area contributed by atoms with E-state index in [2.05, 4.69) is 20.4 Å². The molecule has 7 nitrogen and oxygen atoms in total. The molecule has 8 heteroatoms. The Hall–Kier alpha value is -2.03. The van der Waals surface area contributed by atoms with E-state index in [9.17, 15) is 9.90 Å². The summed E-state index contributed by atoms with van der Waals surface area (Å²) in [7, 11) is 1.60. The molecule has 1 fully saturated rings. The largest absolute Gasteiger partial charge is 0.497 e. The Morgan fingerprint density at radius 1 is 1.33 bits per heavy atom. The fraction of sp³-hybridized carbons (Fsp3) is 0.438. The molecule has 2 aromatic rings. The first kappa shape index (κ1) is 16.8. The quantitative estimate of drug-likeness (QED) is 0.856. The zero-order valence-corrected chi connectivity index (χ0v) is 14.3. The summed E-state index contributed by atoms with van der Waals surface area (Å²) in [4.78, 5) is 14.5. The number of methoxy groups -OCH3 is 1. The monoisotopic (exact) mass is 348 g/mol. The van der Waals surface area contributed by atoms with Crippen molar-refractivity contribution in [2.24, 2.45) is 0 Å². The molecule has 0 aliphatic carbocycles. The molecular weight excluding hydrogens is 328 g/mol. The van der Waals surface area contributed by atoms with Gasteiger partial charge < -0.3 is 15.2 Å².